The molecule has 4 nitrogen and oxygen atoms in total. The van der Waals surface area contributed by atoms with Gasteiger partial charge in [0.1, 0.15) is 5.82 Å². The van der Waals surface area contributed by atoms with Crippen LogP contribution in [0.4, 0.5) is 4.39 Å². The summed E-state index contributed by atoms with van der Waals surface area (Å²) in [5.41, 5.74) is 0.0176. The van der Waals surface area contributed by atoms with E-state index in [0.717, 1.165) is 0 Å². The number of benzene rings is 1. The van der Waals surface area contributed by atoms with E-state index < -0.39 is 21.4 Å². The normalized spacial score (nSPS) is 24.8. The van der Waals surface area contributed by atoms with Crippen LogP contribution in [0.2, 0.25) is 0 Å². The van der Waals surface area contributed by atoms with E-state index in [9.17, 15) is 17.9 Å². The van der Waals surface area contributed by atoms with Gasteiger partial charge in [-0.05, 0) is 63.3 Å². The number of sulfonamides is 1. The number of halogens is 1. The van der Waals surface area contributed by atoms with E-state index in [-0.39, 0.29) is 11.4 Å². The quantitative estimate of drug-likeness (QED) is 0.911. The van der Waals surface area contributed by atoms with Crippen LogP contribution in [0.25, 0.3) is 0 Å². The van der Waals surface area contributed by atoms with Crippen LogP contribution in [0.1, 0.15) is 37.3 Å². The van der Waals surface area contributed by atoms with E-state index in [1.54, 1.807) is 20.8 Å². The highest BCUT2D eigenvalue weighted by Gasteiger charge is 2.33. The number of rotatable bonds is 2. The highest BCUT2D eigenvalue weighted by molar-refractivity contribution is 7.89. The SMILES string of the molecule is Cc1cc(F)cc(C)c1S(=O)(=O)N1CCCC(C)(O)CC1. The summed E-state index contributed by atoms with van der Waals surface area (Å²) in [6.45, 7) is 5.62. The van der Waals surface area contributed by atoms with E-state index in [2.05, 4.69) is 0 Å². The number of aliphatic hydroxyl groups is 1. The van der Waals surface area contributed by atoms with Crippen LogP contribution in [0, 0.1) is 19.7 Å². The Morgan fingerprint density at radius 3 is 2.33 bits per heavy atom. The molecule has 0 amide bonds. The molecule has 1 saturated heterocycles. The summed E-state index contributed by atoms with van der Waals surface area (Å²) in [6.07, 6.45) is 1.61. The lowest BCUT2D eigenvalue weighted by atomic mass is 9.98. The molecule has 1 aromatic carbocycles. The lowest BCUT2D eigenvalue weighted by molar-refractivity contribution is 0.0465. The molecule has 6 heteroatoms. The second kappa shape index (κ2) is 5.66. The fourth-order valence-corrected chi connectivity index (χ4v) is 4.80. The minimum absolute atomic E-state index is 0.186. The van der Waals surface area contributed by atoms with Gasteiger partial charge in [-0.3, -0.25) is 0 Å². The van der Waals surface area contributed by atoms with E-state index >= 15 is 0 Å². The third-order valence-corrected chi connectivity index (χ3v) is 6.25. The summed E-state index contributed by atoms with van der Waals surface area (Å²) in [4.78, 5) is 0.186. The van der Waals surface area contributed by atoms with Gasteiger partial charge >= 0.3 is 0 Å². The summed E-state index contributed by atoms with van der Waals surface area (Å²) < 4.78 is 40.4. The van der Waals surface area contributed by atoms with Crippen LogP contribution < -0.4 is 0 Å². The van der Waals surface area contributed by atoms with Crippen LogP contribution >= 0.6 is 0 Å². The lowest BCUT2D eigenvalue weighted by Gasteiger charge is -2.23. The average Bonchev–Trinajstić information content (AvgIpc) is 2.48. The van der Waals surface area contributed by atoms with Crippen molar-refractivity contribution in [2.45, 2.75) is 50.5 Å². The molecule has 1 unspecified atom stereocenters. The highest BCUT2D eigenvalue weighted by Crippen LogP contribution is 2.29. The molecule has 0 aromatic heterocycles. The van der Waals surface area contributed by atoms with E-state index in [1.807, 2.05) is 0 Å². The molecule has 1 atom stereocenters. The number of aryl methyl sites for hydroxylation is 2. The molecular weight excluding hydrogens is 293 g/mol. The van der Waals surface area contributed by atoms with Crippen molar-refractivity contribution in [1.29, 1.82) is 0 Å². The Morgan fingerprint density at radius 2 is 1.76 bits per heavy atom. The molecule has 1 fully saturated rings. The molecule has 21 heavy (non-hydrogen) atoms. The Labute approximate surface area is 125 Å². The maximum atomic E-state index is 13.4. The van der Waals surface area contributed by atoms with Crippen molar-refractivity contribution < 1.29 is 17.9 Å². The van der Waals surface area contributed by atoms with Gasteiger partial charge in [-0.25, -0.2) is 12.8 Å². The summed E-state index contributed by atoms with van der Waals surface area (Å²) in [6, 6.07) is 2.49. The Balaban J connectivity index is 2.39. The molecule has 1 aliphatic heterocycles. The highest BCUT2D eigenvalue weighted by atomic mass is 32.2. The van der Waals surface area contributed by atoms with Crippen molar-refractivity contribution in [2.24, 2.45) is 0 Å². The van der Waals surface area contributed by atoms with Crippen LogP contribution in [0.3, 0.4) is 0 Å². The first-order valence-electron chi connectivity index (χ1n) is 7.13. The van der Waals surface area contributed by atoms with Crippen molar-refractivity contribution >= 4 is 10.0 Å². The number of hydrogen-bond acceptors (Lipinski definition) is 3. The Hall–Kier alpha value is -0.980. The maximum Gasteiger partial charge on any atom is 0.243 e. The molecule has 0 bridgehead atoms. The van der Waals surface area contributed by atoms with E-state index in [0.29, 0.717) is 36.9 Å². The minimum atomic E-state index is -3.66. The first-order chi connectivity index (χ1) is 9.63. The predicted molar refractivity (Wildman–Crippen MR) is 79.1 cm³/mol. The van der Waals surface area contributed by atoms with Crippen LogP contribution in [-0.4, -0.2) is 36.5 Å². The largest absolute Gasteiger partial charge is 0.390 e. The van der Waals surface area contributed by atoms with Crippen LogP contribution in [0.15, 0.2) is 17.0 Å². The van der Waals surface area contributed by atoms with Crippen molar-refractivity contribution in [3.8, 4) is 0 Å². The maximum absolute atomic E-state index is 13.4. The van der Waals surface area contributed by atoms with Crippen molar-refractivity contribution in [1.82, 2.24) is 4.31 Å². The zero-order valence-electron chi connectivity index (χ0n) is 12.7. The van der Waals surface area contributed by atoms with Gasteiger partial charge in [0.25, 0.3) is 0 Å². The molecule has 1 aliphatic rings. The second-order valence-corrected chi connectivity index (χ2v) is 8.00. The van der Waals surface area contributed by atoms with Gasteiger partial charge in [0.05, 0.1) is 10.5 Å². The average molecular weight is 315 g/mol. The van der Waals surface area contributed by atoms with Crippen molar-refractivity contribution in [3.05, 3.63) is 29.1 Å². The van der Waals surface area contributed by atoms with Gasteiger partial charge in [0, 0.05) is 13.1 Å². The predicted octanol–water partition coefficient (Wildman–Crippen LogP) is 2.37. The smallest absolute Gasteiger partial charge is 0.243 e. The zero-order valence-corrected chi connectivity index (χ0v) is 13.5. The molecule has 1 aromatic rings. The second-order valence-electron chi connectivity index (χ2n) is 6.12. The fourth-order valence-electron chi connectivity index (χ4n) is 2.91. The monoisotopic (exact) mass is 315 g/mol. The third-order valence-electron chi connectivity index (χ3n) is 4.05. The standard InChI is InChI=1S/C15H22FNO3S/c1-11-9-13(16)10-12(2)14(11)21(19,20)17-7-4-5-15(3,18)6-8-17/h9-10,18H,4-8H2,1-3H3. The first-order valence-corrected chi connectivity index (χ1v) is 8.57. The molecule has 1 heterocycles. The first kappa shape index (κ1) is 16.4. The van der Waals surface area contributed by atoms with Crippen molar-refractivity contribution in [3.63, 3.8) is 0 Å². The van der Waals surface area contributed by atoms with Gasteiger partial charge in [-0.15, -0.1) is 0 Å². The third kappa shape index (κ3) is 3.44. The molecule has 0 radical (unpaired) electrons. The molecule has 0 saturated carbocycles. The van der Waals surface area contributed by atoms with E-state index in [1.165, 1.54) is 16.4 Å². The van der Waals surface area contributed by atoms with Gasteiger partial charge < -0.3 is 5.11 Å². The van der Waals surface area contributed by atoms with Crippen LogP contribution in [0.5, 0.6) is 0 Å². The summed E-state index contributed by atoms with van der Waals surface area (Å²) >= 11 is 0. The molecule has 1 N–H and O–H groups in total. The lowest BCUT2D eigenvalue weighted by Crippen LogP contribution is -2.34. The molecule has 2 rings (SSSR count). The van der Waals surface area contributed by atoms with Crippen LogP contribution in [-0.2, 0) is 10.0 Å². The molecule has 0 spiro atoms. The van der Waals surface area contributed by atoms with Gasteiger partial charge in [-0.1, -0.05) is 0 Å². The summed E-state index contributed by atoms with van der Waals surface area (Å²) in [5, 5.41) is 10.1. The Morgan fingerprint density at radius 1 is 1.19 bits per heavy atom. The Kier molecular flexibility index (Phi) is 4.42. The molecular formula is C15H22FNO3S. The summed E-state index contributed by atoms with van der Waals surface area (Å²) in [7, 11) is -3.66. The zero-order chi connectivity index (χ0) is 15.8. The summed E-state index contributed by atoms with van der Waals surface area (Å²) in [5.74, 6) is -0.428. The number of hydrogen-bond donors (Lipinski definition) is 1. The van der Waals surface area contributed by atoms with Gasteiger partial charge in [0.15, 0.2) is 0 Å². The van der Waals surface area contributed by atoms with Gasteiger partial charge in [0.2, 0.25) is 10.0 Å². The minimum Gasteiger partial charge on any atom is -0.390 e. The molecule has 118 valence electrons. The Bertz CT molecular complexity index is 617. The number of nitrogens with zero attached hydrogens (tertiary/aromatic N) is 1. The van der Waals surface area contributed by atoms with Gasteiger partial charge in [-0.2, -0.15) is 4.31 Å². The molecule has 0 aliphatic carbocycles. The topological polar surface area (TPSA) is 57.6 Å². The van der Waals surface area contributed by atoms with E-state index in [4.69, 9.17) is 0 Å². The van der Waals surface area contributed by atoms with Crippen molar-refractivity contribution in [2.75, 3.05) is 13.1 Å². The fraction of sp³-hybridized carbons (Fsp3) is 0.600.